The molecule has 3 atom stereocenters. The van der Waals surface area contributed by atoms with Gasteiger partial charge in [-0.3, -0.25) is 9.80 Å². The average molecular weight is 253 g/mol. The lowest BCUT2D eigenvalue weighted by atomic mass is 9.80. The molecule has 2 rings (SSSR count). The molecular weight excluding hydrogens is 222 g/mol. The first-order valence-electron chi connectivity index (χ1n) is 7.50. The fraction of sp³-hybridized carbons (Fsp3) is 1.00. The van der Waals surface area contributed by atoms with Gasteiger partial charge in [-0.2, -0.15) is 0 Å². The van der Waals surface area contributed by atoms with E-state index in [4.69, 9.17) is 5.73 Å². The van der Waals surface area contributed by atoms with Crippen molar-refractivity contribution in [1.29, 1.82) is 0 Å². The summed E-state index contributed by atoms with van der Waals surface area (Å²) in [5.41, 5.74) is 6.76. The molecule has 2 aliphatic heterocycles. The van der Waals surface area contributed by atoms with Crippen molar-refractivity contribution in [2.75, 3.05) is 26.7 Å². The Bertz CT molecular complexity index is 297. The molecule has 0 saturated carbocycles. The second-order valence-electron chi connectivity index (χ2n) is 7.40. The van der Waals surface area contributed by atoms with Gasteiger partial charge < -0.3 is 5.73 Å². The third-order valence-corrected chi connectivity index (χ3v) is 5.71. The van der Waals surface area contributed by atoms with Crippen LogP contribution in [0.3, 0.4) is 0 Å². The number of rotatable bonds is 3. The van der Waals surface area contributed by atoms with Crippen LogP contribution in [0.5, 0.6) is 0 Å². The Labute approximate surface area is 113 Å². The van der Waals surface area contributed by atoms with Crippen LogP contribution in [0, 0.1) is 5.41 Å². The van der Waals surface area contributed by atoms with Crippen molar-refractivity contribution in [3.05, 3.63) is 0 Å². The van der Waals surface area contributed by atoms with Crippen molar-refractivity contribution >= 4 is 0 Å². The molecule has 0 aromatic heterocycles. The Hall–Kier alpha value is -0.120. The Morgan fingerprint density at radius 1 is 1.39 bits per heavy atom. The highest BCUT2D eigenvalue weighted by Crippen LogP contribution is 2.41. The maximum absolute atomic E-state index is 6.24. The number of hydrogen-bond acceptors (Lipinski definition) is 3. The first-order valence-corrected chi connectivity index (χ1v) is 7.50. The quantitative estimate of drug-likeness (QED) is 0.834. The molecule has 0 aliphatic carbocycles. The zero-order chi connectivity index (χ0) is 13.6. The van der Waals surface area contributed by atoms with Crippen LogP contribution in [0.4, 0.5) is 0 Å². The largest absolute Gasteiger partial charge is 0.329 e. The molecule has 2 aliphatic rings. The highest BCUT2D eigenvalue weighted by molar-refractivity contribution is 5.10. The fourth-order valence-corrected chi connectivity index (χ4v) is 3.97. The maximum Gasteiger partial charge on any atom is 0.0498 e. The molecule has 2 N–H and O–H groups in total. The molecular formula is C15H31N3. The Kier molecular flexibility index (Phi) is 3.79. The van der Waals surface area contributed by atoms with E-state index in [1.54, 1.807) is 0 Å². The predicted molar refractivity (Wildman–Crippen MR) is 77.7 cm³/mol. The van der Waals surface area contributed by atoms with Crippen LogP contribution < -0.4 is 5.73 Å². The molecule has 0 spiro atoms. The van der Waals surface area contributed by atoms with Crippen molar-refractivity contribution in [3.63, 3.8) is 0 Å². The van der Waals surface area contributed by atoms with E-state index in [-0.39, 0.29) is 5.54 Å². The predicted octanol–water partition coefficient (Wildman–Crippen LogP) is 1.92. The molecule has 3 nitrogen and oxygen atoms in total. The summed E-state index contributed by atoms with van der Waals surface area (Å²) in [6.45, 7) is 12.7. The number of likely N-dealkylation sites (N-methyl/N-ethyl adjacent to an activating group) is 1. The summed E-state index contributed by atoms with van der Waals surface area (Å²) in [6, 6.07) is 1.25. The minimum atomic E-state index is 0.212. The Morgan fingerprint density at radius 3 is 2.61 bits per heavy atom. The van der Waals surface area contributed by atoms with E-state index in [1.165, 1.54) is 32.4 Å². The van der Waals surface area contributed by atoms with Crippen LogP contribution in [0.25, 0.3) is 0 Å². The van der Waals surface area contributed by atoms with Gasteiger partial charge in [-0.15, -0.1) is 0 Å². The number of fused-ring (bicyclic) bond motifs is 1. The van der Waals surface area contributed by atoms with Gasteiger partial charge in [0, 0.05) is 30.7 Å². The fourth-order valence-electron chi connectivity index (χ4n) is 3.97. The van der Waals surface area contributed by atoms with Gasteiger partial charge in [0.05, 0.1) is 0 Å². The minimum absolute atomic E-state index is 0.212. The van der Waals surface area contributed by atoms with E-state index in [2.05, 4.69) is 44.5 Å². The molecule has 0 aromatic rings. The summed E-state index contributed by atoms with van der Waals surface area (Å²) in [5.74, 6) is 0. The molecule has 2 fully saturated rings. The summed E-state index contributed by atoms with van der Waals surface area (Å²) in [4.78, 5) is 5.27. The zero-order valence-corrected chi connectivity index (χ0v) is 12.9. The van der Waals surface area contributed by atoms with E-state index in [1.807, 2.05) is 0 Å². The molecule has 0 radical (unpaired) electrons. The minimum Gasteiger partial charge on any atom is -0.329 e. The highest BCUT2D eigenvalue weighted by atomic mass is 15.3. The lowest BCUT2D eigenvalue weighted by Gasteiger charge is -2.49. The summed E-state index contributed by atoms with van der Waals surface area (Å²) >= 11 is 0. The molecule has 0 aromatic carbocycles. The third kappa shape index (κ3) is 2.10. The van der Waals surface area contributed by atoms with Crippen molar-refractivity contribution in [2.45, 2.75) is 64.6 Å². The van der Waals surface area contributed by atoms with Crippen LogP contribution in [0.1, 0.15) is 47.0 Å². The van der Waals surface area contributed by atoms with E-state index >= 15 is 0 Å². The lowest BCUT2D eigenvalue weighted by Crippen LogP contribution is -2.62. The Balaban J connectivity index is 2.22. The molecule has 3 heteroatoms. The van der Waals surface area contributed by atoms with Crippen LogP contribution in [0.2, 0.25) is 0 Å². The summed E-state index contributed by atoms with van der Waals surface area (Å²) in [7, 11) is 2.30. The third-order valence-electron chi connectivity index (χ3n) is 5.71. The SMILES string of the molecule is CC(N(C)C1(CN)CCN2CCCC21)C(C)(C)C. The number of hydrogen-bond donors (Lipinski definition) is 1. The lowest BCUT2D eigenvalue weighted by molar-refractivity contribution is 0.0142. The molecule has 0 bridgehead atoms. The number of nitrogens with zero attached hydrogens (tertiary/aromatic N) is 2. The van der Waals surface area contributed by atoms with Crippen molar-refractivity contribution in [1.82, 2.24) is 9.80 Å². The monoisotopic (exact) mass is 253 g/mol. The van der Waals surface area contributed by atoms with E-state index < -0.39 is 0 Å². The normalized spacial score (nSPS) is 35.2. The molecule has 2 heterocycles. The molecule has 2 saturated heterocycles. The van der Waals surface area contributed by atoms with Gasteiger partial charge in [-0.1, -0.05) is 20.8 Å². The molecule has 18 heavy (non-hydrogen) atoms. The molecule has 0 amide bonds. The first kappa shape index (κ1) is 14.3. The highest BCUT2D eigenvalue weighted by Gasteiger charge is 2.52. The van der Waals surface area contributed by atoms with Crippen molar-refractivity contribution < 1.29 is 0 Å². The van der Waals surface area contributed by atoms with E-state index in [9.17, 15) is 0 Å². The van der Waals surface area contributed by atoms with Gasteiger partial charge in [0.25, 0.3) is 0 Å². The van der Waals surface area contributed by atoms with Crippen LogP contribution in [-0.2, 0) is 0 Å². The maximum atomic E-state index is 6.24. The van der Waals surface area contributed by atoms with Gasteiger partial charge in [-0.05, 0) is 45.2 Å². The van der Waals surface area contributed by atoms with Crippen LogP contribution >= 0.6 is 0 Å². The van der Waals surface area contributed by atoms with Crippen molar-refractivity contribution in [3.8, 4) is 0 Å². The van der Waals surface area contributed by atoms with E-state index in [0.29, 0.717) is 17.5 Å². The number of nitrogens with two attached hydrogens (primary N) is 1. The van der Waals surface area contributed by atoms with Gasteiger partial charge >= 0.3 is 0 Å². The van der Waals surface area contributed by atoms with Gasteiger partial charge in [-0.25, -0.2) is 0 Å². The van der Waals surface area contributed by atoms with Gasteiger partial charge in [0.15, 0.2) is 0 Å². The summed E-state index contributed by atoms with van der Waals surface area (Å²) in [5, 5.41) is 0. The molecule has 3 unspecified atom stereocenters. The van der Waals surface area contributed by atoms with Crippen LogP contribution in [0.15, 0.2) is 0 Å². The Morgan fingerprint density at radius 2 is 2.06 bits per heavy atom. The second kappa shape index (κ2) is 4.77. The van der Waals surface area contributed by atoms with Crippen LogP contribution in [-0.4, -0.2) is 54.1 Å². The average Bonchev–Trinajstić information content (AvgIpc) is 2.87. The second-order valence-corrected chi connectivity index (χ2v) is 7.40. The van der Waals surface area contributed by atoms with Gasteiger partial charge in [0.2, 0.25) is 0 Å². The zero-order valence-electron chi connectivity index (χ0n) is 12.9. The van der Waals surface area contributed by atoms with Gasteiger partial charge in [0.1, 0.15) is 0 Å². The first-order chi connectivity index (χ1) is 8.33. The topological polar surface area (TPSA) is 32.5 Å². The van der Waals surface area contributed by atoms with E-state index in [0.717, 1.165) is 6.54 Å². The smallest absolute Gasteiger partial charge is 0.0498 e. The van der Waals surface area contributed by atoms with Crippen molar-refractivity contribution in [2.24, 2.45) is 11.1 Å². The summed E-state index contributed by atoms with van der Waals surface area (Å²) < 4.78 is 0. The standard InChI is InChI=1S/C15H31N3/c1-12(14(2,3)4)17(5)15(11-16)8-10-18-9-6-7-13(15)18/h12-13H,6-11,16H2,1-5H3. The molecule has 106 valence electrons. The summed E-state index contributed by atoms with van der Waals surface area (Å²) in [6.07, 6.45) is 3.92.